The number of aliphatic carboxylic acids is 1. The van der Waals surface area contributed by atoms with E-state index in [0.29, 0.717) is 16.9 Å². The molecule has 2 aliphatic heterocycles. The van der Waals surface area contributed by atoms with Crippen LogP contribution in [0.2, 0.25) is 5.02 Å². The number of likely N-dealkylation sites (tertiary alicyclic amines) is 1. The number of carboxylic acids is 1. The largest absolute Gasteiger partial charge is 0.508 e. The Balaban J connectivity index is 1.46. The third kappa shape index (κ3) is 4.31. The van der Waals surface area contributed by atoms with Crippen molar-refractivity contribution in [3.63, 3.8) is 0 Å². The van der Waals surface area contributed by atoms with Gasteiger partial charge in [0.25, 0.3) is 0 Å². The maximum Gasteiger partial charge on any atom is 0.303 e. The van der Waals surface area contributed by atoms with Crippen molar-refractivity contribution in [3.05, 3.63) is 64.5 Å². The van der Waals surface area contributed by atoms with Crippen LogP contribution in [0.4, 0.5) is 10.1 Å². The highest BCUT2D eigenvalue weighted by molar-refractivity contribution is 6.31. The Bertz CT molecular complexity index is 1660. The van der Waals surface area contributed by atoms with Crippen LogP contribution in [-0.2, 0) is 24.0 Å². The Hall–Kier alpha value is -4.25. The molecule has 44 heavy (non-hydrogen) atoms. The van der Waals surface area contributed by atoms with Crippen LogP contribution in [0.15, 0.2) is 48.0 Å². The van der Waals surface area contributed by atoms with Gasteiger partial charge in [0.1, 0.15) is 17.3 Å². The summed E-state index contributed by atoms with van der Waals surface area (Å²) in [6.45, 7) is 1.64. The minimum absolute atomic E-state index is 0.0284. The number of phenols is 1. The van der Waals surface area contributed by atoms with E-state index >= 15 is 0 Å². The number of imide groups is 2. The number of anilines is 1. The number of carbonyl (C=O) groups excluding carboxylic acids is 4. The SMILES string of the molecule is COc1ccc(C2C3=CCC4C(=O)N(CCCC(=O)O)C(=O)C4C3CC3C(=O)N(c4ccc(F)c(Cl)c4)C(=O)C32C)c(O)c1. The Morgan fingerprint density at radius 3 is 2.50 bits per heavy atom. The molecule has 230 valence electrons. The van der Waals surface area contributed by atoms with Gasteiger partial charge in [0.2, 0.25) is 23.6 Å². The predicted octanol–water partition coefficient (Wildman–Crippen LogP) is 4.29. The fourth-order valence-corrected chi connectivity index (χ4v) is 7.97. The zero-order valence-corrected chi connectivity index (χ0v) is 24.7. The van der Waals surface area contributed by atoms with Crippen LogP contribution >= 0.6 is 11.6 Å². The maximum atomic E-state index is 14.4. The number of carboxylic acid groups (broad SMARTS) is 1. The number of hydrogen-bond acceptors (Lipinski definition) is 7. The normalized spacial score (nSPS) is 29.4. The molecule has 4 aliphatic rings. The highest BCUT2D eigenvalue weighted by Crippen LogP contribution is 2.64. The van der Waals surface area contributed by atoms with Gasteiger partial charge in [0.15, 0.2) is 0 Å². The lowest BCUT2D eigenvalue weighted by molar-refractivity contribution is -0.142. The molecule has 2 aromatic carbocycles. The van der Waals surface area contributed by atoms with Gasteiger partial charge in [-0.05, 0) is 56.4 Å². The minimum atomic E-state index is -1.41. The number of carbonyl (C=O) groups is 5. The lowest BCUT2D eigenvalue weighted by Gasteiger charge is -2.49. The molecule has 2 heterocycles. The first-order valence-corrected chi connectivity index (χ1v) is 14.7. The number of ether oxygens (including phenoxy) is 1. The van der Waals surface area contributed by atoms with Crippen molar-refractivity contribution in [1.82, 2.24) is 4.90 Å². The monoisotopic (exact) mass is 624 g/mol. The molecule has 0 radical (unpaired) electrons. The summed E-state index contributed by atoms with van der Waals surface area (Å²) >= 11 is 6.02. The van der Waals surface area contributed by atoms with Crippen LogP contribution in [-0.4, -0.2) is 58.4 Å². The van der Waals surface area contributed by atoms with E-state index in [2.05, 4.69) is 0 Å². The van der Waals surface area contributed by atoms with Crippen LogP contribution in [0.25, 0.3) is 0 Å². The van der Waals surface area contributed by atoms with Gasteiger partial charge in [0.05, 0.1) is 41.0 Å². The Kier molecular flexibility index (Phi) is 7.27. The second-order valence-electron chi connectivity index (χ2n) is 12.0. The summed E-state index contributed by atoms with van der Waals surface area (Å²) in [6.07, 6.45) is 2.07. The lowest BCUT2D eigenvalue weighted by Crippen LogP contribution is -2.48. The maximum absolute atomic E-state index is 14.4. The number of halogens is 2. The van der Waals surface area contributed by atoms with Crippen LogP contribution in [0.1, 0.15) is 44.1 Å². The van der Waals surface area contributed by atoms with Gasteiger partial charge in [0, 0.05) is 30.5 Å². The number of allylic oxidation sites excluding steroid dienone is 2. The molecule has 10 nitrogen and oxygen atoms in total. The van der Waals surface area contributed by atoms with Crippen molar-refractivity contribution < 1.29 is 43.3 Å². The van der Waals surface area contributed by atoms with Crippen molar-refractivity contribution in [2.45, 2.75) is 38.5 Å². The fourth-order valence-electron chi connectivity index (χ4n) is 7.80. The van der Waals surface area contributed by atoms with E-state index in [1.54, 1.807) is 19.1 Å². The average Bonchev–Trinajstić information content (AvgIpc) is 3.34. The van der Waals surface area contributed by atoms with Gasteiger partial charge >= 0.3 is 5.97 Å². The Morgan fingerprint density at radius 2 is 1.84 bits per heavy atom. The summed E-state index contributed by atoms with van der Waals surface area (Å²) in [5, 5.41) is 20.0. The third-order valence-corrected chi connectivity index (χ3v) is 10.1. The van der Waals surface area contributed by atoms with Crippen molar-refractivity contribution in [2.75, 3.05) is 18.6 Å². The molecule has 3 fully saturated rings. The van der Waals surface area contributed by atoms with Gasteiger partial charge in [-0.3, -0.25) is 28.9 Å². The third-order valence-electron chi connectivity index (χ3n) is 9.85. The van der Waals surface area contributed by atoms with E-state index < -0.39 is 64.5 Å². The number of rotatable bonds is 7. The second-order valence-corrected chi connectivity index (χ2v) is 12.4. The summed E-state index contributed by atoms with van der Waals surface area (Å²) in [5.74, 6) is -7.33. The number of methoxy groups -OCH3 is 1. The van der Waals surface area contributed by atoms with Crippen LogP contribution < -0.4 is 9.64 Å². The molecular formula is C32H30ClFN2O8. The van der Waals surface area contributed by atoms with Crippen molar-refractivity contribution in [1.29, 1.82) is 0 Å². The predicted molar refractivity (Wildman–Crippen MR) is 154 cm³/mol. The van der Waals surface area contributed by atoms with Gasteiger partial charge in [-0.25, -0.2) is 9.29 Å². The van der Waals surface area contributed by atoms with E-state index in [9.17, 15) is 33.5 Å². The molecule has 2 saturated heterocycles. The molecule has 0 aromatic heterocycles. The quantitative estimate of drug-likeness (QED) is 0.343. The molecular weight excluding hydrogens is 595 g/mol. The van der Waals surface area contributed by atoms with Crippen LogP contribution in [0.5, 0.6) is 11.5 Å². The van der Waals surface area contributed by atoms with E-state index in [-0.39, 0.29) is 54.6 Å². The zero-order chi connectivity index (χ0) is 31.7. The molecule has 2 N–H and O–H groups in total. The highest BCUT2D eigenvalue weighted by Gasteiger charge is 2.67. The number of hydrogen-bond donors (Lipinski definition) is 2. The average molecular weight is 625 g/mol. The molecule has 2 aromatic rings. The van der Waals surface area contributed by atoms with Crippen LogP contribution in [0.3, 0.4) is 0 Å². The fraction of sp³-hybridized carbons (Fsp3) is 0.406. The number of phenolic OH excluding ortho intramolecular Hbond substituents is 1. The van der Waals surface area contributed by atoms with Gasteiger partial charge in [-0.2, -0.15) is 0 Å². The summed E-state index contributed by atoms with van der Waals surface area (Å²) in [6, 6.07) is 8.26. The molecule has 6 rings (SSSR count). The summed E-state index contributed by atoms with van der Waals surface area (Å²) in [4.78, 5) is 68.9. The number of benzene rings is 2. The van der Waals surface area contributed by atoms with E-state index in [0.717, 1.165) is 15.9 Å². The van der Waals surface area contributed by atoms with Crippen molar-refractivity contribution >= 4 is 46.9 Å². The van der Waals surface area contributed by atoms with E-state index in [1.807, 2.05) is 6.08 Å². The highest BCUT2D eigenvalue weighted by atomic mass is 35.5. The first-order chi connectivity index (χ1) is 20.9. The standard InChI is InChI=1S/C32H30ClFN2O8/c1-32-21(29(41)36(31(32)43)15-5-10-23(34)22(33)12-15)14-20-17(27(32)18-7-6-16(44-2)13-24(18)37)8-9-19-26(20)30(42)35(28(19)40)11-3-4-25(38)39/h5-8,10,12-13,19-21,26-27,37H,3-4,9,11,14H2,1-2H3,(H,38,39). The van der Waals surface area contributed by atoms with E-state index in [4.69, 9.17) is 21.4 Å². The molecule has 4 amide bonds. The number of fused-ring (bicyclic) bond motifs is 4. The number of amides is 4. The molecule has 1 saturated carbocycles. The van der Waals surface area contributed by atoms with Gasteiger partial charge in [-0.1, -0.05) is 29.3 Å². The second kappa shape index (κ2) is 10.7. The summed E-state index contributed by atoms with van der Waals surface area (Å²) < 4.78 is 19.3. The minimum Gasteiger partial charge on any atom is -0.508 e. The van der Waals surface area contributed by atoms with Crippen LogP contribution in [0, 0.1) is 34.9 Å². The van der Waals surface area contributed by atoms with Gasteiger partial charge < -0.3 is 14.9 Å². The number of nitrogens with zero attached hydrogens (tertiary/aromatic N) is 2. The Labute approximate surface area is 257 Å². The summed E-state index contributed by atoms with van der Waals surface area (Å²) in [7, 11) is 1.45. The summed E-state index contributed by atoms with van der Waals surface area (Å²) in [5.41, 5.74) is -0.264. The molecule has 6 unspecified atom stereocenters. The number of aromatic hydroxyl groups is 1. The molecule has 6 atom stereocenters. The first-order valence-electron chi connectivity index (χ1n) is 14.4. The molecule has 0 spiro atoms. The molecule has 12 heteroatoms. The van der Waals surface area contributed by atoms with Gasteiger partial charge in [-0.15, -0.1) is 0 Å². The Morgan fingerprint density at radius 1 is 1.09 bits per heavy atom. The molecule has 2 aliphatic carbocycles. The van der Waals surface area contributed by atoms with E-state index in [1.165, 1.54) is 25.3 Å². The smallest absolute Gasteiger partial charge is 0.303 e. The first kappa shape index (κ1) is 29.8. The zero-order valence-electron chi connectivity index (χ0n) is 24.0. The topological polar surface area (TPSA) is 142 Å². The lowest BCUT2D eigenvalue weighted by atomic mass is 9.51. The van der Waals surface area contributed by atoms with Crippen molar-refractivity contribution in [3.8, 4) is 11.5 Å². The molecule has 0 bridgehead atoms. The van der Waals surface area contributed by atoms with Crippen molar-refractivity contribution in [2.24, 2.45) is 29.1 Å².